The summed E-state index contributed by atoms with van der Waals surface area (Å²) in [5.74, 6) is 0.562. The van der Waals surface area contributed by atoms with E-state index in [-0.39, 0.29) is 0 Å². The van der Waals surface area contributed by atoms with Crippen LogP contribution in [0.15, 0.2) is 11.8 Å². The Kier molecular flexibility index (Phi) is 2.94. The van der Waals surface area contributed by atoms with Crippen molar-refractivity contribution in [1.29, 1.82) is 0 Å². The Balaban J connectivity index is 2.62. The van der Waals surface area contributed by atoms with Crippen molar-refractivity contribution in [3.8, 4) is 0 Å². The van der Waals surface area contributed by atoms with Gasteiger partial charge >= 0.3 is 0 Å². The van der Waals surface area contributed by atoms with Crippen LogP contribution in [-0.2, 0) is 10.1 Å². The fourth-order valence-corrected chi connectivity index (χ4v) is 2.44. The Hall–Kier alpha value is -0.310. The van der Waals surface area contributed by atoms with E-state index >= 15 is 0 Å². The van der Waals surface area contributed by atoms with Crippen LogP contribution in [0, 0.1) is 5.92 Å². The van der Waals surface area contributed by atoms with Gasteiger partial charge in [-0.15, -0.1) is 0 Å². The van der Waals surface area contributed by atoms with Crippen molar-refractivity contribution in [2.24, 2.45) is 5.92 Å². The predicted molar refractivity (Wildman–Crippen MR) is 55.6 cm³/mol. The van der Waals surface area contributed by atoms with E-state index in [4.69, 9.17) is 0 Å². The molecule has 0 radical (unpaired) electrons. The van der Waals surface area contributed by atoms with Crippen molar-refractivity contribution < 1.29 is 4.21 Å². The van der Waals surface area contributed by atoms with Gasteiger partial charge in [0.25, 0.3) is 0 Å². The van der Waals surface area contributed by atoms with Gasteiger partial charge in [-0.1, -0.05) is 13.0 Å². The molecular formula is C9H19NOS. The van der Waals surface area contributed by atoms with Gasteiger partial charge in [-0.05, 0) is 35.3 Å². The molecule has 2 nitrogen and oxygen atoms in total. The first-order valence-corrected chi connectivity index (χ1v) is 7.12. The van der Waals surface area contributed by atoms with E-state index in [0.29, 0.717) is 5.92 Å². The van der Waals surface area contributed by atoms with Gasteiger partial charge in [-0.3, -0.25) is 4.21 Å². The minimum absolute atomic E-state index is 0.562. The molecule has 3 heteroatoms. The van der Waals surface area contributed by atoms with E-state index in [1.54, 1.807) is 12.5 Å². The standard InChI is InChI=1S/C9H19NOS/c1-8-6-4-5-7-9(8)10-12(2,3)11/h7-8,12H,4-6H2,1-3H3,(H,10,11)/t8-/m1/s1. The van der Waals surface area contributed by atoms with E-state index in [1.165, 1.54) is 18.5 Å². The SMILES string of the molecule is C[C@@H]1CCCC=C1N[SH](C)(C)=O. The molecule has 0 aromatic carbocycles. The lowest BCUT2D eigenvalue weighted by Gasteiger charge is -2.26. The lowest BCUT2D eigenvalue weighted by Crippen LogP contribution is -2.31. The second kappa shape index (κ2) is 3.60. The molecule has 1 aliphatic carbocycles. The Morgan fingerprint density at radius 1 is 1.58 bits per heavy atom. The summed E-state index contributed by atoms with van der Waals surface area (Å²) < 4.78 is 14.6. The normalized spacial score (nSPS) is 26.2. The fraction of sp³-hybridized carbons (Fsp3) is 0.778. The average molecular weight is 189 g/mol. The Morgan fingerprint density at radius 2 is 2.25 bits per heavy atom. The van der Waals surface area contributed by atoms with E-state index < -0.39 is 10.1 Å². The molecule has 0 fully saturated rings. The number of thiol groups is 1. The van der Waals surface area contributed by atoms with Crippen molar-refractivity contribution in [2.45, 2.75) is 26.2 Å². The predicted octanol–water partition coefficient (Wildman–Crippen LogP) is 1.47. The molecule has 0 aromatic heterocycles. The molecular weight excluding hydrogens is 170 g/mol. The molecule has 12 heavy (non-hydrogen) atoms. The molecule has 72 valence electrons. The van der Waals surface area contributed by atoms with E-state index in [1.807, 2.05) is 0 Å². The van der Waals surface area contributed by atoms with Crippen LogP contribution in [0.1, 0.15) is 26.2 Å². The summed E-state index contributed by atoms with van der Waals surface area (Å²) in [5.41, 5.74) is 1.19. The quantitative estimate of drug-likeness (QED) is 0.633. The fourth-order valence-electron chi connectivity index (χ4n) is 1.51. The van der Waals surface area contributed by atoms with E-state index in [9.17, 15) is 4.21 Å². The van der Waals surface area contributed by atoms with Gasteiger partial charge in [-0.25, -0.2) is 0 Å². The number of hydrogen-bond donors (Lipinski definition) is 2. The summed E-state index contributed by atoms with van der Waals surface area (Å²) in [6, 6.07) is 0. The van der Waals surface area contributed by atoms with Crippen LogP contribution in [0.2, 0.25) is 0 Å². The molecule has 0 saturated carbocycles. The van der Waals surface area contributed by atoms with Crippen LogP contribution in [0.25, 0.3) is 0 Å². The Labute approximate surface area is 76.0 Å². The van der Waals surface area contributed by atoms with Gasteiger partial charge in [0.05, 0.1) is 0 Å². The lowest BCUT2D eigenvalue weighted by atomic mass is 9.95. The average Bonchev–Trinajstić information content (AvgIpc) is 1.91. The maximum Gasteiger partial charge on any atom is 0.0203 e. The van der Waals surface area contributed by atoms with Gasteiger partial charge in [0.1, 0.15) is 0 Å². The molecule has 0 aromatic rings. The molecule has 1 atom stereocenters. The summed E-state index contributed by atoms with van der Waals surface area (Å²) in [4.78, 5) is 0. The number of allylic oxidation sites excluding steroid dienone is 2. The Morgan fingerprint density at radius 3 is 2.75 bits per heavy atom. The molecule has 0 saturated heterocycles. The zero-order valence-corrected chi connectivity index (χ0v) is 9.03. The minimum atomic E-state index is -2.09. The second-order valence-electron chi connectivity index (χ2n) is 3.95. The minimum Gasteiger partial charge on any atom is -0.331 e. The van der Waals surface area contributed by atoms with Gasteiger partial charge < -0.3 is 4.72 Å². The summed E-state index contributed by atoms with van der Waals surface area (Å²) in [7, 11) is -2.09. The maximum atomic E-state index is 11.5. The first-order valence-electron chi connectivity index (χ1n) is 4.52. The highest BCUT2D eigenvalue weighted by atomic mass is 32.3. The number of nitrogens with one attached hydrogen (secondary N) is 1. The van der Waals surface area contributed by atoms with Crippen LogP contribution >= 0.6 is 0 Å². The van der Waals surface area contributed by atoms with Crippen molar-refractivity contribution in [1.82, 2.24) is 4.72 Å². The summed E-state index contributed by atoms with van der Waals surface area (Å²) >= 11 is 0. The first kappa shape index (κ1) is 9.78. The summed E-state index contributed by atoms with van der Waals surface area (Å²) in [6.07, 6.45) is 9.35. The third kappa shape index (κ3) is 2.97. The smallest absolute Gasteiger partial charge is 0.0203 e. The molecule has 1 N–H and O–H groups in total. The van der Waals surface area contributed by atoms with Gasteiger partial charge in [0.15, 0.2) is 0 Å². The van der Waals surface area contributed by atoms with Crippen molar-refractivity contribution in [3.63, 3.8) is 0 Å². The molecule has 0 bridgehead atoms. The van der Waals surface area contributed by atoms with Crippen LogP contribution in [0.5, 0.6) is 0 Å². The molecule has 0 spiro atoms. The molecule has 1 aliphatic rings. The van der Waals surface area contributed by atoms with Gasteiger partial charge in [-0.2, -0.15) is 0 Å². The maximum absolute atomic E-state index is 11.5. The van der Waals surface area contributed by atoms with Gasteiger partial charge in [0, 0.05) is 18.2 Å². The third-order valence-electron chi connectivity index (χ3n) is 2.13. The van der Waals surface area contributed by atoms with Crippen molar-refractivity contribution in [3.05, 3.63) is 11.8 Å². The monoisotopic (exact) mass is 189 g/mol. The van der Waals surface area contributed by atoms with Crippen LogP contribution < -0.4 is 4.72 Å². The highest BCUT2D eigenvalue weighted by Crippen LogP contribution is 2.22. The highest BCUT2D eigenvalue weighted by Gasteiger charge is 2.14. The molecule has 1 rings (SSSR count). The zero-order chi connectivity index (χ0) is 9.19. The number of rotatable bonds is 2. The van der Waals surface area contributed by atoms with Gasteiger partial charge in [0.2, 0.25) is 0 Å². The van der Waals surface area contributed by atoms with Crippen LogP contribution in [-0.4, -0.2) is 16.7 Å². The Bertz CT molecular complexity index is 229. The zero-order valence-electron chi connectivity index (χ0n) is 8.13. The number of hydrogen-bond acceptors (Lipinski definition) is 1. The van der Waals surface area contributed by atoms with E-state index in [0.717, 1.165) is 6.42 Å². The first-order chi connectivity index (χ1) is 5.49. The van der Waals surface area contributed by atoms with Crippen molar-refractivity contribution in [2.75, 3.05) is 12.5 Å². The van der Waals surface area contributed by atoms with Crippen LogP contribution in [0.3, 0.4) is 0 Å². The molecule has 0 heterocycles. The molecule has 0 unspecified atom stereocenters. The third-order valence-corrected chi connectivity index (χ3v) is 2.93. The molecule has 0 aliphatic heterocycles. The molecule has 0 amide bonds. The lowest BCUT2D eigenvalue weighted by molar-refractivity contribution is 0.534. The topological polar surface area (TPSA) is 29.1 Å². The van der Waals surface area contributed by atoms with Crippen molar-refractivity contribution >= 4 is 10.1 Å². The highest BCUT2D eigenvalue weighted by molar-refractivity contribution is 8.00. The van der Waals surface area contributed by atoms with Crippen LogP contribution in [0.4, 0.5) is 0 Å². The van der Waals surface area contributed by atoms with E-state index in [2.05, 4.69) is 17.7 Å². The largest absolute Gasteiger partial charge is 0.331 e. The summed E-state index contributed by atoms with van der Waals surface area (Å²) in [5, 5.41) is 0. The summed E-state index contributed by atoms with van der Waals surface area (Å²) in [6.45, 7) is 2.19. The second-order valence-corrected chi connectivity index (χ2v) is 6.88.